The number of hydrogen-bond acceptors (Lipinski definition) is 9. The van der Waals surface area contributed by atoms with E-state index < -0.39 is 19.8 Å². The third kappa shape index (κ3) is 4.70. The molecule has 3 N–H and O–H groups in total. The zero-order valence-corrected chi connectivity index (χ0v) is 20.0. The minimum Gasteiger partial charge on any atom is -0.480 e. The zero-order chi connectivity index (χ0) is 24.5. The maximum absolute atomic E-state index is 13.6. The molecular weight excluding hydrogens is 463 g/mol. The molecule has 0 radical (unpaired) electrons. The van der Waals surface area contributed by atoms with E-state index >= 15 is 0 Å². The number of carbonyl (C=O) groups is 1. The van der Waals surface area contributed by atoms with Gasteiger partial charge in [0.05, 0.1) is 20.0 Å². The van der Waals surface area contributed by atoms with Crippen molar-refractivity contribution in [3.8, 4) is 11.6 Å². The fraction of sp³-hybridized carbons (Fsp3) is 0.429. The number of anilines is 1. The summed E-state index contributed by atoms with van der Waals surface area (Å²) in [5.41, 5.74) is 6.91. The van der Waals surface area contributed by atoms with Crippen LogP contribution in [-0.4, -0.2) is 62.1 Å². The molecule has 12 nitrogen and oxygen atoms in total. The highest BCUT2D eigenvalue weighted by Crippen LogP contribution is 2.53. The van der Waals surface area contributed by atoms with Gasteiger partial charge in [-0.2, -0.15) is 14.6 Å². The van der Waals surface area contributed by atoms with E-state index in [4.69, 9.17) is 19.5 Å². The second kappa shape index (κ2) is 9.57. The van der Waals surface area contributed by atoms with Gasteiger partial charge in [-0.05, 0) is 44.9 Å². The van der Waals surface area contributed by atoms with Gasteiger partial charge in [-0.3, -0.25) is 9.32 Å². The Labute approximate surface area is 196 Å². The number of nitrogen functional groups attached to an aromatic ring is 1. The fourth-order valence-electron chi connectivity index (χ4n) is 3.75. The maximum atomic E-state index is 13.6. The number of aliphatic carboxylic acids is 1. The van der Waals surface area contributed by atoms with Crippen molar-refractivity contribution >= 4 is 30.8 Å². The standard InChI is InChI=1S/C21H27N6O6P/c1-13(20(28)29)26(2)34(30,33-16-7-5-4-6-8-16)32-11-14-9-15(10-14)27-12-23-17-18(27)24-21(22)25-19(17)31-3/h4-8,12-15H,9-11H2,1-3H3,(H,28,29)(H2,22,24,25)/t13?,14-,15+,34?. The number of fused-ring (bicyclic) bond motifs is 1. The summed E-state index contributed by atoms with van der Waals surface area (Å²) >= 11 is 0. The number of imidazole rings is 1. The Morgan fingerprint density at radius 1 is 1.32 bits per heavy atom. The first-order chi connectivity index (χ1) is 16.2. The van der Waals surface area contributed by atoms with Crippen LogP contribution in [0.5, 0.6) is 11.6 Å². The molecule has 1 aromatic carbocycles. The quantitative estimate of drug-likeness (QED) is 0.403. The number of rotatable bonds is 10. The number of para-hydroxylation sites is 1. The minimum absolute atomic E-state index is 0.0877. The molecule has 0 spiro atoms. The number of carboxylic acids is 1. The van der Waals surface area contributed by atoms with E-state index in [9.17, 15) is 14.5 Å². The van der Waals surface area contributed by atoms with Crippen LogP contribution in [0.4, 0.5) is 5.95 Å². The van der Waals surface area contributed by atoms with E-state index in [0.717, 1.165) is 17.5 Å². The zero-order valence-electron chi connectivity index (χ0n) is 19.1. The van der Waals surface area contributed by atoms with Crippen LogP contribution in [0.1, 0.15) is 25.8 Å². The van der Waals surface area contributed by atoms with Crippen LogP contribution in [0, 0.1) is 5.92 Å². The molecule has 0 bridgehead atoms. The summed E-state index contributed by atoms with van der Waals surface area (Å²) in [6, 6.07) is 7.57. The molecule has 182 valence electrons. The van der Waals surface area contributed by atoms with Crippen molar-refractivity contribution in [3.05, 3.63) is 36.7 Å². The van der Waals surface area contributed by atoms with Gasteiger partial charge in [0, 0.05) is 6.04 Å². The highest BCUT2D eigenvalue weighted by Gasteiger charge is 2.41. The van der Waals surface area contributed by atoms with Crippen molar-refractivity contribution < 1.29 is 28.3 Å². The monoisotopic (exact) mass is 490 g/mol. The lowest BCUT2D eigenvalue weighted by molar-refractivity contribution is -0.140. The average molecular weight is 490 g/mol. The Morgan fingerprint density at radius 2 is 2.03 bits per heavy atom. The number of nitrogens with zero attached hydrogens (tertiary/aromatic N) is 5. The molecule has 4 rings (SSSR count). The Balaban J connectivity index is 1.44. The fourth-order valence-corrected chi connectivity index (χ4v) is 5.42. The van der Waals surface area contributed by atoms with E-state index in [1.54, 1.807) is 36.7 Å². The molecule has 0 amide bonds. The number of ether oxygens (including phenoxy) is 1. The van der Waals surface area contributed by atoms with Crippen molar-refractivity contribution in [2.24, 2.45) is 5.92 Å². The van der Waals surface area contributed by atoms with Crippen molar-refractivity contribution in [2.75, 3.05) is 26.5 Å². The number of likely N-dealkylation sites (N-methyl/N-ethyl adjacent to an activating group) is 1. The van der Waals surface area contributed by atoms with Crippen molar-refractivity contribution in [1.29, 1.82) is 0 Å². The topological polar surface area (TPSA) is 155 Å². The van der Waals surface area contributed by atoms with Gasteiger partial charge < -0.3 is 24.7 Å². The number of aromatic nitrogens is 4. The SMILES string of the molecule is COc1nc(N)nc2c1ncn2[C@H]1C[C@@H](COP(=O)(Oc2ccccc2)N(C)C(C)C(=O)O)C1. The average Bonchev–Trinajstić information content (AvgIpc) is 3.20. The van der Waals surface area contributed by atoms with Gasteiger partial charge in [0.2, 0.25) is 11.8 Å². The van der Waals surface area contributed by atoms with Crippen LogP contribution in [0.2, 0.25) is 0 Å². The summed E-state index contributed by atoms with van der Waals surface area (Å²) in [6.07, 6.45) is 3.12. The van der Waals surface area contributed by atoms with E-state index in [2.05, 4.69) is 15.0 Å². The molecule has 1 fully saturated rings. The molecular formula is C21H27N6O6P. The van der Waals surface area contributed by atoms with Crippen LogP contribution < -0.4 is 15.0 Å². The Kier molecular flexibility index (Phi) is 6.74. The molecule has 2 aromatic heterocycles. The van der Waals surface area contributed by atoms with Crippen LogP contribution >= 0.6 is 7.75 Å². The molecule has 2 atom stereocenters. The molecule has 3 aromatic rings. The Hall–Kier alpha value is -3.21. The summed E-state index contributed by atoms with van der Waals surface area (Å²) in [7, 11) is -1.02. The summed E-state index contributed by atoms with van der Waals surface area (Å²) in [6.45, 7) is 1.57. The first-order valence-corrected chi connectivity index (χ1v) is 12.2. The van der Waals surface area contributed by atoms with E-state index in [1.165, 1.54) is 21.1 Å². The van der Waals surface area contributed by atoms with Gasteiger partial charge in [0.1, 0.15) is 11.8 Å². The first kappa shape index (κ1) is 23.9. The van der Waals surface area contributed by atoms with E-state index in [1.807, 2.05) is 4.57 Å². The lowest BCUT2D eigenvalue weighted by atomic mass is 9.81. The van der Waals surface area contributed by atoms with Crippen LogP contribution in [-0.2, 0) is 13.9 Å². The number of nitrogens with two attached hydrogens (primary N) is 1. The molecule has 0 aliphatic heterocycles. The highest BCUT2D eigenvalue weighted by molar-refractivity contribution is 7.51. The largest absolute Gasteiger partial charge is 0.480 e. The summed E-state index contributed by atoms with van der Waals surface area (Å²) < 4.78 is 33.4. The summed E-state index contributed by atoms with van der Waals surface area (Å²) in [5.74, 6) is -0.298. The van der Waals surface area contributed by atoms with Gasteiger partial charge in [0.15, 0.2) is 11.2 Å². The third-order valence-electron chi connectivity index (χ3n) is 5.95. The van der Waals surface area contributed by atoms with Crippen molar-refractivity contribution in [3.63, 3.8) is 0 Å². The number of carboxylic acid groups (broad SMARTS) is 1. The van der Waals surface area contributed by atoms with Crippen LogP contribution in [0.15, 0.2) is 36.7 Å². The maximum Gasteiger partial charge on any atom is 0.461 e. The van der Waals surface area contributed by atoms with Gasteiger partial charge in [-0.25, -0.2) is 9.55 Å². The van der Waals surface area contributed by atoms with Gasteiger partial charge in [-0.1, -0.05) is 18.2 Å². The molecule has 1 saturated carbocycles. The smallest absolute Gasteiger partial charge is 0.461 e. The summed E-state index contributed by atoms with van der Waals surface area (Å²) in [5, 5.41) is 9.39. The number of hydrogen-bond donors (Lipinski definition) is 2. The molecule has 1 aliphatic carbocycles. The van der Waals surface area contributed by atoms with E-state index in [0.29, 0.717) is 22.8 Å². The second-order valence-corrected chi connectivity index (χ2v) is 10.2. The molecule has 13 heteroatoms. The number of benzene rings is 1. The van der Waals surface area contributed by atoms with Crippen molar-refractivity contribution in [2.45, 2.75) is 31.8 Å². The van der Waals surface area contributed by atoms with E-state index in [-0.39, 0.29) is 24.5 Å². The highest BCUT2D eigenvalue weighted by atomic mass is 31.2. The molecule has 2 heterocycles. The minimum atomic E-state index is -3.93. The van der Waals surface area contributed by atoms with Gasteiger partial charge in [0.25, 0.3) is 0 Å². The third-order valence-corrected chi connectivity index (χ3v) is 7.98. The lowest BCUT2D eigenvalue weighted by Gasteiger charge is -2.37. The predicted octanol–water partition coefficient (Wildman–Crippen LogP) is 2.98. The second-order valence-electron chi connectivity index (χ2n) is 8.16. The molecule has 34 heavy (non-hydrogen) atoms. The predicted molar refractivity (Wildman–Crippen MR) is 124 cm³/mol. The van der Waals surface area contributed by atoms with Gasteiger partial charge >= 0.3 is 13.7 Å². The van der Waals surface area contributed by atoms with Crippen molar-refractivity contribution in [1.82, 2.24) is 24.2 Å². The van der Waals surface area contributed by atoms with Crippen LogP contribution in [0.25, 0.3) is 11.2 Å². The molecule has 1 aliphatic rings. The number of methoxy groups -OCH3 is 1. The summed E-state index contributed by atoms with van der Waals surface area (Å²) in [4.78, 5) is 24.2. The lowest BCUT2D eigenvalue weighted by Crippen LogP contribution is -2.36. The normalized spacial score (nSPS) is 20.5. The molecule has 0 saturated heterocycles. The van der Waals surface area contributed by atoms with Crippen LogP contribution in [0.3, 0.4) is 0 Å². The molecule has 2 unspecified atom stereocenters. The first-order valence-electron chi connectivity index (χ1n) is 10.7. The van der Waals surface area contributed by atoms with Gasteiger partial charge in [-0.15, -0.1) is 0 Å². The Bertz CT molecular complexity index is 1220. The Morgan fingerprint density at radius 3 is 2.68 bits per heavy atom.